The molecular weight excluding hydrogens is 292 g/mol. The zero-order chi connectivity index (χ0) is 16.2. The van der Waals surface area contributed by atoms with Crippen molar-refractivity contribution in [2.45, 2.75) is 32.7 Å². The van der Waals surface area contributed by atoms with E-state index < -0.39 is 0 Å². The highest BCUT2D eigenvalue weighted by Crippen LogP contribution is 2.22. The van der Waals surface area contributed by atoms with E-state index in [-0.39, 0.29) is 17.9 Å². The monoisotopic (exact) mass is 314 g/mol. The molecule has 6 heteroatoms. The van der Waals surface area contributed by atoms with Gasteiger partial charge in [-0.1, -0.05) is 0 Å². The number of rotatable bonds is 4. The summed E-state index contributed by atoms with van der Waals surface area (Å²) in [5, 5.41) is 3.06. The number of amides is 1. The van der Waals surface area contributed by atoms with E-state index >= 15 is 0 Å². The normalized spacial score (nSPS) is 19.4. The fraction of sp³-hybridized carbons (Fsp3) is 0.471. The number of hydrogen-bond acceptors (Lipinski definition) is 5. The molecule has 122 valence electrons. The minimum absolute atomic E-state index is 0.0377. The van der Waals surface area contributed by atoms with Crippen LogP contribution in [-0.2, 0) is 4.79 Å². The Hall–Kier alpha value is -2.37. The molecule has 0 unspecified atom stereocenters. The topological polar surface area (TPSA) is 71.3 Å². The summed E-state index contributed by atoms with van der Waals surface area (Å²) in [4.78, 5) is 23.1. The van der Waals surface area contributed by atoms with Gasteiger partial charge >= 0.3 is 0 Å². The van der Waals surface area contributed by atoms with Gasteiger partial charge in [-0.05, 0) is 38.8 Å². The second-order valence-corrected chi connectivity index (χ2v) is 6.03. The van der Waals surface area contributed by atoms with E-state index in [0.717, 1.165) is 36.7 Å². The number of aryl methyl sites for hydroxylation is 1. The Balaban J connectivity index is 1.61. The number of furan rings is 1. The molecule has 0 radical (unpaired) electrons. The van der Waals surface area contributed by atoms with Crippen molar-refractivity contribution in [3.05, 3.63) is 42.2 Å². The maximum atomic E-state index is 12.6. The van der Waals surface area contributed by atoms with Gasteiger partial charge in [0.05, 0.1) is 18.2 Å². The first-order valence-electron chi connectivity index (χ1n) is 8.01. The van der Waals surface area contributed by atoms with Gasteiger partial charge in [-0.2, -0.15) is 0 Å². The summed E-state index contributed by atoms with van der Waals surface area (Å²) in [5.41, 5.74) is 0. The molecule has 0 aromatic carbocycles. The van der Waals surface area contributed by atoms with Crippen molar-refractivity contribution in [3.8, 4) is 0 Å². The van der Waals surface area contributed by atoms with Gasteiger partial charge in [-0.3, -0.25) is 9.78 Å². The van der Waals surface area contributed by atoms with Gasteiger partial charge in [-0.25, -0.2) is 4.98 Å². The molecular formula is C17H22N4O2. The second-order valence-electron chi connectivity index (χ2n) is 6.03. The summed E-state index contributed by atoms with van der Waals surface area (Å²) in [6.07, 6.45) is 6.95. The number of anilines is 1. The van der Waals surface area contributed by atoms with Crippen molar-refractivity contribution in [2.24, 2.45) is 5.92 Å². The molecule has 1 aliphatic heterocycles. The Morgan fingerprint density at radius 2 is 2.30 bits per heavy atom. The molecule has 2 atom stereocenters. The van der Waals surface area contributed by atoms with Crippen molar-refractivity contribution in [1.29, 1.82) is 0 Å². The zero-order valence-corrected chi connectivity index (χ0v) is 13.5. The van der Waals surface area contributed by atoms with Crippen LogP contribution in [0.1, 0.15) is 37.3 Å². The van der Waals surface area contributed by atoms with Gasteiger partial charge in [0.15, 0.2) is 0 Å². The molecule has 23 heavy (non-hydrogen) atoms. The van der Waals surface area contributed by atoms with Crippen LogP contribution in [0.5, 0.6) is 0 Å². The first kappa shape index (κ1) is 15.5. The molecule has 6 nitrogen and oxygen atoms in total. The van der Waals surface area contributed by atoms with Gasteiger partial charge in [0, 0.05) is 25.5 Å². The van der Waals surface area contributed by atoms with Crippen LogP contribution in [0, 0.1) is 12.8 Å². The number of nitrogens with one attached hydrogen (secondary N) is 1. The highest BCUT2D eigenvalue weighted by molar-refractivity contribution is 5.79. The lowest BCUT2D eigenvalue weighted by molar-refractivity contribution is -0.126. The molecule has 3 rings (SSSR count). The average Bonchev–Trinajstić information content (AvgIpc) is 3.02. The summed E-state index contributed by atoms with van der Waals surface area (Å²) in [7, 11) is 0. The number of hydrogen-bond donors (Lipinski definition) is 1. The number of carbonyl (C=O) groups is 1. The predicted molar refractivity (Wildman–Crippen MR) is 87.0 cm³/mol. The summed E-state index contributed by atoms with van der Waals surface area (Å²) in [5.74, 6) is 2.51. The third kappa shape index (κ3) is 3.70. The van der Waals surface area contributed by atoms with E-state index in [0.29, 0.717) is 6.54 Å². The molecule has 0 aliphatic carbocycles. The highest BCUT2D eigenvalue weighted by atomic mass is 16.3. The number of aromatic nitrogens is 2. The lowest BCUT2D eigenvalue weighted by atomic mass is 9.96. The molecule has 1 saturated heterocycles. The van der Waals surface area contributed by atoms with E-state index in [1.54, 1.807) is 18.6 Å². The van der Waals surface area contributed by atoms with Crippen molar-refractivity contribution < 1.29 is 9.21 Å². The van der Waals surface area contributed by atoms with Crippen LogP contribution in [0.2, 0.25) is 0 Å². The maximum Gasteiger partial charge on any atom is 0.225 e. The highest BCUT2D eigenvalue weighted by Gasteiger charge is 2.27. The Morgan fingerprint density at radius 1 is 1.43 bits per heavy atom. The molecule has 0 saturated carbocycles. The fourth-order valence-corrected chi connectivity index (χ4v) is 2.94. The number of piperidine rings is 1. The van der Waals surface area contributed by atoms with E-state index in [1.165, 1.54) is 0 Å². The Labute approximate surface area is 135 Å². The standard InChI is InChI=1S/C17H22N4O2/c1-12-5-6-15(23-12)13(2)20-17(22)14-4-3-9-21(11-14)16-10-18-7-8-19-16/h5-8,10,13-14H,3-4,9,11H2,1-2H3,(H,20,22)/t13-,14+/m1/s1. The lowest BCUT2D eigenvalue weighted by Crippen LogP contribution is -2.44. The minimum atomic E-state index is -0.122. The van der Waals surface area contributed by atoms with Crippen LogP contribution in [0.15, 0.2) is 35.1 Å². The molecule has 1 aliphatic rings. The van der Waals surface area contributed by atoms with Gasteiger partial charge in [0.1, 0.15) is 17.3 Å². The molecule has 3 heterocycles. The molecule has 1 N–H and O–H groups in total. The van der Waals surface area contributed by atoms with Crippen LogP contribution in [0.3, 0.4) is 0 Å². The molecule has 0 spiro atoms. The van der Waals surface area contributed by atoms with Gasteiger partial charge < -0.3 is 14.6 Å². The maximum absolute atomic E-state index is 12.6. The second kappa shape index (κ2) is 6.81. The van der Waals surface area contributed by atoms with E-state index in [9.17, 15) is 4.79 Å². The van der Waals surface area contributed by atoms with Crippen molar-refractivity contribution in [2.75, 3.05) is 18.0 Å². The van der Waals surface area contributed by atoms with Crippen molar-refractivity contribution >= 4 is 11.7 Å². The first-order chi connectivity index (χ1) is 11.1. The number of nitrogens with zero attached hydrogens (tertiary/aromatic N) is 3. The molecule has 2 aromatic heterocycles. The molecule has 0 bridgehead atoms. The van der Waals surface area contributed by atoms with E-state index in [2.05, 4.69) is 20.2 Å². The first-order valence-corrected chi connectivity index (χ1v) is 8.01. The zero-order valence-electron chi connectivity index (χ0n) is 13.5. The quantitative estimate of drug-likeness (QED) is 0.938. The van der Waals surface area contributed by atoms with Crippen LogP contribution in [0.25, 0.3) is 0 Å². The van der Waals surface area contributed by atoms with Crippen molar-refractivity contribution in [1.82, 2.24) is 15.3 Å². The van der Waals surface area contributed by atoms with Gasteiger partial charge in [0.2, 0.25) is 5.91 Å². The fourth-order valence-electron chi connectivity index (χ4n) is 2.94. The number of carbonyl (C=O) groups excluding carboxylic acids is 1. The van der Waals surface area contributed by atoms with Crippen LogP contribution < -0.4 is 10.2 Å². The SMILES string of the molecule is Cc1ccc([C@@H](C)NC(=O)[C@H]2CCCN(c3cnccn3)C2)o1. The van der Waals surface area contributed by atoms with Gasteiger partial charge in [0.25, 0.3) is 0 Å². The Bertz CT molecular complexity index is 656. The molecule has 1 amide bonds. The summed E-state index contributed by atoms with van der Waals surface area (Å²) < 4.78 is 5.58. The van der Waals surface area contributed by atoms with E-state index in [4.69, 9.17) is 4.42 Å². The summed E-state index contributed by atoms with van der Waals surface area (Å²) >= 11 is 0. The minimum Gasteiger partial charge on any atom is -0.464 e. The summed E-state index contributed by atoms with van der Waals surface area (Å²) in [6, 6.07) is 3.70. The third-order valence-corrected chi connectivity index (χ3v) is 4.21. The lowest BCUT2D eigenvalue weighted by Gasteiger charge is -2.33. The Kier molecular flexibility index (Phi) is 4.60. The molecule has 1 fully saturated rings. The molecule has 2 aromatic rings. The van der Waals surface area contributed by atoms with Crippen LogP contribution >= 0.6 is 0 Å². The van der Waals surface area contributed by atoms with Crippen LogP contribution in [0.4, 0.5) is 5.82 Å². The van der Waals surface area contributed by atoms with E-state index in [1.807, 2.05) is 26.0 Å². The summed E-state index contributed by atoms with van der Waals surface area (Å²) in [6.45, 7) is 5.43. The third-order valence-electron chi connectivity index (χ3n) is 4.21. The van der Waals surface area contributed by atoms with Gasteiger partial charge in [-0.15, -0.1) is 0 Å². The van der Waals surface area contributed by atoms with Crippen LogP contribution in [-0.4, -0.2) is 29.0 Å². The average molecular weight is 314 g/mol. The van der Waals surface area contributed by atoms with Crippen molar-refractivity contribution in [3.63, 3.8) is 0 Å². The largest absolute Gasteiger partial charge is 0.464 e. The predicted octanol–water partition coefficient (Wildman–Crippen LogP) is 2.47. The Morgan fingerprint density at radius 3 is 3.00 bits per heavy atom. The smallest absolute Gasteiger partial charge is 0.225 e.